The fraction of sp³-hybridized carbons (Fsp3) is 0.333. The molecule has 5 heterocycles. The summed E-state index contributed by atoms with van der Waals surface area (Å²) in [7, 11) is 5.30. The summed E-state index contributed by atoms with van der Waals surface area (Å²) < 4.78 is 38.2. The number of rotatable bonds is 5. The quantitative estimate of drug-likeness (QED) is 0.282. The molecule has 4 aromatic rings. The molecule has 1 aliphatic carbocycles. The molecule has 2 fully saturated rings. The van der Waals surface area contributed by atoms with Gasteiger partial charge >= 0.3 is 5.97 Å². The highest BCUT2D eigenvalue weighted by Crippen LogP contribution is 2.50. The van der Waals surface area contributed by atoms with Crippen molar-refractivity contribution in [3.63, 3.8) is 0 Å². The van der Waals surface area contributed by atoms with Crippen LogP contribution in [0.15, 0.2) is 35.5 Å². The van der Waals surface area contributed by atoms with Crippen LogP contribution in [-0.4, -0.2) is 90.1 Å². The number of hydrogen-bond donors (Lipinski definition) is 3. The van der Waals surface area contributed by atoms with E-state index in [1.165, 1.54) is 10.9 Å². The van der Waals surface area contributed by atoms with Crippen molar-refractivity contribution in [3.05, 3.63) is 69.4 Å². The molecule has 0 unspecified atom stereocenters. The van der Waals surface area contributed by atoms with Crippen molar-refractivity contribution in [2.24, 2.45) is 0 Å². The molecule has 11 nitrogen and oxygen atoms in total. The Hall–Kier alpha value is -4.62. The third-order valence-corrected chi connectivity index (χ3v) is 8.84. The lowest BCUT2D eigenvalue weighted by Crippen LogP contribution is -2.48. The van der Waals surface area contributed by atoms with Crippen LogP contribution in [0.4, 0.5) is 20.2 Å². The van der Waals surface area contributed by atoms with E-state index in [1.54, 1.807) is 32.6 Å². The van der Waals surface area contributed by atoms with Crippen LogP contribution in [0.3, 0.4) is 0 Å². The zero-order valence-electron chi connectivity index (χ0n) is 23.7. The number of halogens is 2. The summed E-state index contributed by atoms with van der Waals surface area (Å²) in [5.41, 5.74) is 6.05. The summed E-state index contributed by atoms with van der Waals surface area (Å²) in [4.78, 5) is 38.7. The first-order valence-corrected chi connectivity index (χ1v) is 14.0. The summed E-state index contributed by atoms with van der Waals surface area (Å²) in [6.45, 7) is 2.47. The van der Waals surface area contributed by atoms with Gasteiger partial charge in [0, 0.05) is 92.7 Å². The third kappa shape index (κ3) is 4.06. The van der Waals surface area contributed by atoms with Crippen molar-refractivity contribution >= 4 is 28.4 Å². The van der Waals surface area contributed by atoms with Gasteiger partial charge in [0.1, 0.15) is 5.56 Å². The van der Waals surface area contributed by atoms with Gasteiger partial charge in [-0.1, -0.05) is 0 Å². The molecule has 0 bridgehead atoms. The first-order valence-electron chi connectivity index (χ1n) is 14.0. The number of anilines is 2. The molecule has 3 aliphatic rings. The minimum Gasteiger partial charge on any atom is -0.477 e. The van der Waals surface area contributed by atoms with Crippen LogP contribution < -0.4 is 21.1 Å². The molecule has 43 heavy (non-hydrogen) atoms. The van der Waals surface area contributed by atoms with Crippen molar-refractivity contribution in [1.82, 2.24) is 19.5 Å². The van der Waals surface area contributed by atoms with E-state index in [4.69, 9.17) is 9.72 Å². The molecule has 0 spiro atoms. The molecule has 3 N–H and O–H groups in total. The first-order chi connectivity index (χ1) is 20.7. The summed E-state index contributed by atoms with van der Waals surface area (Å²) >= 11 is 0. The van der Waals surface area contributed by atoms with Crippen LogP contribution in [-0.2, 0) is 11.2 Å². The number of morpholine rings is 1. The molecule has 7 rings (SSSR count). The molecule has 0 amide bonds. The van der Waals surface area contributed by atoms with Gasteiger partial charge in [-0.3, -0.25) is 14.7 Å². The smallest absolute Gasteiger partial charge is 0.341 e. The number of carboxylic acids is 1. The van der Waals surface area contributed by atoms with Gasteiger partial charge < -0.3 is 25.5 Å². The summed E-state index contributed by atoms with van der Waals surface area (Å²) in [5.74, 6) is -3.27. The molecule has 2 atom stereocenters. The molecule has 222 valence electrons. The van der Waals surface area contributed by atoms with Crippen LogP contribution in [0, 0.1) is 11.6 Å². The van der Waals surface area contributed by atoms with Crippen LogP contribution in [0.2, 0.25) is 0 Å². The zero-order valence-corrected chi connectivity index (χ0v) is 23.7. The topological polar surface area (TPSA) is 125 Å². The number of carbonyl (C=O) groups is 1. The van der Waals surface area contributed by atoms with Gasteiger partial charge in [0.15, 0.2) is 17.3 Å². The lowest BCUT2D eigenvalue weighted by atomic mass is 9.97. The maximum absolute atomic E-state index is 15.7. The van der Waals surface area contributed by atoms with Gasteiger partial charge in [-0.25, -0.2) is 23.2 Å². The van der Waals surface area contributed by atoms with Crippen LogP contribution in [0.1, 0.15) is 21.6 Å². The van der Waals surface area contributed by atoms with Crippen molar-refractivity contribution in [2.45, 2.75) is 18.6 Å². The SMILES string of the molecule is CNc1cc(F)c(F)c2c1Cc1ncc(-c3cnc4c(c3)c(=O)c(C(=O)O)cn4NC)c(N3C[C@H]4OCCN(C)[C@H]4C3)c1-2. The van der Waals surface area contributed by atoms with Crippen molar-refractivity contribution in [1.29, 1.82) is 0 Å². The molecule has 0 radical (unpaired) electrons. The van der Waals surface area contributed by atoms with E-state index in [9.17, 15) is 19.1 Å². The second-order valence-corrected chi connectivity index (χ2v) is 11.1. The van der Waals surface area contributed by atoms with E-state index >= 15 is 4.39 Å². The van der Waals surface area contributed by atoms with Gasteiger partial charge in [-0.05, 0) is 18.7 Å². The molecule has 2 saturated heterocycles. The molecule has 13 heteroatoms. The maximum Gasteiger partial charge on any atom is 0.341 e. The van der Waals surface area contributed by atoms with E-state index in [0.29, 0.717) is 65.4 Å². The molecule has 3 aromatic heterocycles. The van der Waals surface area contributed by atoms with Crippen LogP contribution in [0.5, 0.6) is 0 Å². The predicted octanol–water partition coefficient (Wildman–Crippen LogP) is 2.74. The third-order valence-electron chi connectivity index (χ3n) is 8.84. The number of hydrogen-bond acceptors (Lipinski definition) is 9. The monoisotopic (exact) mass is 589 g/mol. The Balaban J connectivity index is 1.50. The Morgan fingerprint density at radius 2 is 1.95 bits per heavy atom. The van der Waals surface area contributed by atoms with Gasteiger partial charge in [0.25, 0.3) is 0 Å². The number of benzene rings is 1. The molecule has 1 aromatic carbocycles. The summed E-state index contributed by atoms with van der Waals surface area (Å²) in [6.07, 6.45) is 4.66. The number of fused-ring (bicyclic) bond motifs is 5. The Kier molecular flexibility index (Phi) is 6.32. The molecular weight excluding hydrogens is 560 g/mol. The van der Waals surface area contributed by atoms with Gasteiger partial charge in [-0.15, -0.1) is 0 Å². The second-order valence-electron chi connectivity index (χ2n) is 11.1. The Labute approximate surface area is 244 Å². The average molecular weight is 590 g/mol. The number of aromatic nitrogens is 3. The lowest BCUT2D eigenvalue weighted by molar-refractivity contribution is -0.0362. The summed E-state index contributed by atoms with van der Waals surface area (Å²) in [5, 5.41) is 12.7. The Bertz CT molecular complexity index is 1900. The number of nitrogens with zero attached hydrogens (tertiary/aromatic N) is 5. The number of ether oxygens (including phenoxy) is 1. The second kappa shape index (κ2) is 9.99. The summed E-state index contributed by atoms with van der Waals surface area (Å²) in [6, 6.07) is 2.83. The fourth-order valence-electron chi connectivity index (χ4n) is 6.70. The Morgan fingerprint density at radius 1 is 1.14 bits per heavy atom. The molecule has 2 aliphatic heterocycles. The van der Waals surface area contributed by atoms with Crippen molar-refractivity contribution in [2.75, 3.05) is 63.0 Å². The van der Waals surface area contributed by atoms with Gasteiger partial charge in [0.05, 0.1) is 35.5 Å². The minimum absolute atomic E-state index is 0.0859. The normalized spacial score (nSPS) is 19.3. The minimum atomic E-state index is -1.36. The van der Waals surface area contributed by atoms with E-state index in [-0.39, 0.29) is 28.7 Å². The van der Waals surface area contributed by atoms with E-state index in [0.717, 1.165) is 12.6 Å². The standard InChI is InChI=1S/C30H29F2N7O4/c1-33-20-8-19(31)26(32)24-15(20)7-21-25(24)27(38-12-22-23(13-38)43-5-4-37(22)3)17(10-35-21)14-6-16-28(40)18(30(41)42)11-39(34-2)29(16)36-9-14/h6,8-11,22-23,33-34H,4-5,7,12-13H2,1-3H3,(H,41,42)/t22-,23+/m0/s1. The number of pyridine rings is 3. The maximum atomic E-state index is 15.7. The molecular formula is C30H29F2N7O4. The van der Waals surface area contributed by atoms with Crippen molar-refractivity contribution < 1.29 is 23.4 Å². The first kappa shape index (κ1) is 27.2. The lowest BCUT2D eigenvalue weighted by Gasteiger charge is -2.33. The zero-order chi connectivity index (χ0) is 30.2. The number of nitrogens with one attached hydrogen (secondary N) is 2. The highest BCUT2D eigenvalue weighted by Gasteiger charge is 2.42. The van der Waals surface area contributed by atoms with E-state index < -0.39 is 28.6 Å². The number of carboxylic acid groups (broad SMARTS) is 1. The predicted molar refractivity (Wildman–Crippen MR) is 158 cm³/mol. The van der Waals surface area contributed by atoms with Crippen LogP contribution >= 0.6 is 0 Å². The van der Waals surface area contributed by atoms with E-state index in [2.05, 4.69) is 25.5 Å². The average Bonchev–Trinajstić information content (AvgIpc) is 3.61. The number of likely N-dealkylation sites (N-methyl/N-ethyl adjacent to an activating group) is 1. The Morgan fingerprint density at radius 3 is 2.67 bits per heavy atom. The number of aromatic carboxylic acids is 1. The fourth-order valence-corrected chi connectivity index (χ4v) is 6.70. The van der Waals surface area contributed by atoms with Gasteiger partial charge in [-0.2, -0.15) is 0 Å². The van der Waals surface area contributed by atoms with E-state index in [1.807, 2.05) is 7.05 Å². The van der Waals surface area contributed by atoms with Crippen LogP contribution in [0.25, 0.3) is 33.3 Å². The highest BCUT2D eigenvalue weighted by atomic mass is 19.2. The molecule has 0 saturated carbocycles. The van der Waals surface area contributed by atoms with Crippen molar-refractivity contribution in [3.8, 4) is 22.3 Å². The van der Waals surface area contributed by atoms with Gasteiger partial charge in [0.2, 0.25) is 5.43 Å². The highest BCUT2D eigenvalue weighted by molar-refractivity contribution is 5.98. The largest absolute Gasteiger partial charge is 0.477 e.